The third-order valence-electron chi connectivity index (χ3n) is 6.13. The van der Waals surface area contributed by atoms with Gasteiger partial charge in [-0.05, 0) is 43.3 Å². The van der Waals surface area contributed by atoms with Gasteiger partial charge in [0.1, 0.15) is 11.5 Å². The van der Waals surface area contributed by atoms with Gasteiger partial charge in [-0.3, -0.25) is 9.69 Å². The molecule has 202 valence electrons. The number of amides is 1. The summed E-state index contributed by atoms with van der Waals surface area (Å²) >= 11 is 6.68. The number of halogens is 1. The third-order valence-corrected chi connectivity index (χ3v) is 6.44. The molecule has 1 fully saturated rings. The molecule has 38 heavy (non-hydrogen) atoms. The SMILES string of the molecule is CCOC(=O)c1cc(-c2c(OC)cccc2OC)n(-c2ccc(C(=O)NCCN3CCOCC3)cc2Cl)n1. The van der Waals surface area contributed by atoms with Gasteiger partial charge in [0.05, 0.1) is 56.0 Å². The molecule has 1 amide bonds. The van der Waals surface area contributed by atoms with Gasteiger partial charge in [0.15, 0.2) is 5.69 Å². The predicted molar refractivity (Wildman–Crippen MR) is 143 cm³/mol. The summed E-state index contributed by atoms with van der Waals surface area (Å²) in [5, 5.41) is 7.71. The lowest BCUT2D eigenvalue weighted by atomic mass is 10.1. The minimum Gasteiger partial charge on any atom is -0.496 e. The molecule has 0 bridgehead atoms. The van der Waals surface area contributed by atoms with Crippen LogP contribution in [0.15, 0.2) is 42.5 Å². The predicted octanol–water partition coefficient (Wildman–Crippen LogP) is 3.45. The minimum absolute atomic E-state index is 0.0933. The first kappa shape index (κ1) is 27.4. The molecule has 0 spiro atoms. The molecule has 1 saturated heterocycles. The Morgan fingerprint density at radius 3 is 2.42 bits per heavy atom. The van der Waals surface area contributed by atoms with Crippen LogP contribution < -0.4 is 14.8 Å². The second-order valence-electron chi connectivity index (χ2n) is 8.46. The molecule has 0 saturated carbocycles. The number of nitrogens with one attached hydrogen (secondary N) is 1. The van der Waals surface area contributed by atoms with Crippen LogP contribution in [0.5, 0.6) is 11.5 Å². The Kier molecular flexibility index (Phi) is 9.22. The lowest BCUT2D eigenvalue weighted by Gasteiger charge is -2.26. The van der Waals surface area contributed by atoms with Crippen molar-refractivity contribution in [2.75, 3.05) is 60.2 Å². The largest absolute Gasteiger partial charge is 0.496 e. The van der Waals surface area contributed by atoms with E-state index in [2.05, 4.69) is 15.3 Å². The standard InChI is InChI=1S/C27H31ClN4O6/c1-4-38-27(34)20-17-22(25-23(35-2)6-5-7-24(25)36-3)32(30-20)21-9-8-18(16-19(21)28)26(33)29-10-11-31-12-14-37-15-13-31/h5-9,16-17H,4,10-15H2,1-3H3,(H,29,33). The molecule has 0 atom stereocenters. The van der Waals surface area contributed by atoms with E-state index in [1.807, 2.05) is 0 Å². The van der Waals surface area contributed by atoms with E-state index in [1.54, 1.807) is 63.6 Å². The van der Waals surface area contributed by atoms with E-state index in [0.29, 0.717) is 53.8 Å². The summed E-state index contributed by atoms with van der Waals surface area (Å²) in [7, 11) is 3.09. The van der Waals surface area contributed by atoms with Gasteiger partial charge in [-0.2, -0.15) is 5.10 Å². The molecule has 10 nitrogen and oxygen atoms in total. The lowest BCUT2D eigenvalue weighted by Crippen LogP contribution is -2.41. The number of aromatic nitrogens is 2. The molecule has 0 radical (unpaired) electrons. The highest BCUT2D eigenvalue weighted by molar-refractivity contribution is 6.32. The summed E-state index contributed by atoms with van der Waals surface area (Å²) in [4.78, 5) is 27.6. The number of esters is 1. The Bertz CT molecular complexity index is 1270. The van der Waals surface area contributed by atoms with Gasteiger partial charge in [-0.1, -0.05) is 17.7 Å². The van der Waals surface area contributed by atoms with Crippen LogP contribution in [0.4, 0.5) is 0 Å². The van der Waals surface area contributed by atoms with Crippen LogP contribution in [0, 0.1) is 0 Å². The molecular formula is C27H31ClN4O6. The van der Waals surface area contributed by atoms with Crippen molar-refractivity contribution in [2.45, 2.75) is 6.92 Å². The molecule has 0 unspecified atom stereocenters. The fourth-order valence-corrected chi connectivity index (χ4v) is 4.49. The van der Waals surface area contributed by atoms with Crippen LogP contribution in [0.3, 0.4) is 0 Å². The number of carbonyl (C=O) groups excluding carboxylic acids is 2. The van der Waals surface area contributed by atoms with Gasteiger partial charge in [0.25, 0.3) is 5.91 Å². The topological polar surface area (TPSA) is 104 Å². The van der Waals surface area contributed by atoms with Crippen molar-refractivity contribution in [1.82, 2.24) is 20.0 Å². The zero-order chi connectivity index (χ0) is 27.1. The Balaban J connectivity index is 1.65. The zero-order valence-corrected chi connectivity index (χ0v) is 22.4. The molecule has 2 aromatic carbocycles. The molecule has 1 N–H and O–H groups in total. The molecule has 0 aliphatic carbocycles. The molecule has 2 heterocycles. The van der Waals surface area contributed by atoms with E-state index < -0.39 is 5.97 Å². The second kappa shape index (κ2) is 12.8. The molecule has 4 rings (SSSR count). The van der Waals surface area contributed by atoms with Crippen LogP contribution in [0.2, 0.25) is 5.02 Å². The number of ether oxygens (including phenoxy) is 4. The summed E-state index contributed by atoms with van der Waals surface area (Å²) in [6.07, 6.45) is 0. The minimum atomic E-state index is -0.575. The first-order chi connectivity index (χ1) is 18.5. The quantitative estimate of drug-likeness (QED) is 0.389. The van der Waals surface area contributed by atoms with E-state index in [1.165, 1.54) is 4.68 Å². The van der Waals surface area contributed by atoms with Gasteiger partial charge in [-0.15, -0.1) is 0 Å². The average Bonchev–Trinajstić information content (AvgIpc) is 3.38. The zero-order valence-electron chi connectivity index (χ0n) is 21.7. The first-order valence-corrected chi connectivity index (χ1v) is 12.7. The number of hydrogen-bond donors (Lipinski definition) is 1. The van der Waals surface area contributed by atoms with E-state index in [-0.39, 0.29) is 23.2 Å². The number of hydrogen-bond acceptors (Lipinski definition) is 8. The molecule has 1 aromatic heterocycles. The number of rotatable bonds is 10. The van der Waals surface area contributed by atoms with Crippen molar-refractivity contribution in [3.05, 3.63) is 58.7 Å². The van der Waals surface area contributed by atoms with E-state index in [9.17, 15) is 9.59 Å². The summed E-state index contributed by atoms with van der Waals surface area (Å²) in [6, 6.07) is 11.9. The summed E-state index contributed by atoms with van der Waals surface area (Å²) < 4.78 is 23.2. The Morgan fingerprint density at radius 2 is 1.79 bits per heavy atom. The van der Waals surface area contributed by atoms with Gasteiger partial charge in [-0.25, -0.2) is 9.48 Å². The maximum absolute atomic E-state index is 12.8. The summed E-state index contributed by atoms with van der Waals surface area (Å²) in [6.45, 7) is 6.31. The molecule has 3 aromatic rings. The fraction of sp³-hybridized carbons (Fsp3) is 0.370. The molecule has 1 aliphatic rings. The van der Waals surface area contributed by atoms with Gasteiger partial charge < -0.3 is 24.3 Å². The number of carbonyl (C=O) groups is 2. The van der Waals surface area contributed by atoms with Crippen molar-refractivity contribution >= 4 is 23.5 Å². The third kappa shape index (κ3) is 6.09. The van der Waals surface area contributed by atoms with Gasteiger partial charge in [0, 0.05) is 31.7 Å². The Labute approximate surface area is 226 Å². The van der Waals surface area contributed by atoms with Crippen molar-refractivity contribution < 1.29 is 28.5 Å². The van der Waals surface area contributed by atoms with Crippen molar-refractivity contribution in [2.24, 2.45) is 0 Å². The molecular weight excluding hydrogens is 512 g/mol. The van der Waals surface area contributed by atoms with Crippen LogP contribution in [-0.2, 0) is 9.47 Å². The Hall–Kier alpha value is -3.60. The highest BCUT2D eigenvalue weighted by atomic mass is 35.5. The van der Waals surface area contributed by atoms with Crippen LogP contribution in [-0.4, -0.2) is 86.8 Å². The first-order valence-electron chi connectivity index (χ1n) is 12.3. The highest BCUT2D eigenvalue weighted by Gasteiger charge is 2.24. The second-order valence-corrected chi connectivity index (χ2v) is 8.87. The molecule has 1 aliphatic heterocycles. The maximum atomic E-state index is 12.8. The normalized spacial score (nSPS) is 13.7. The van der Waals surface area contributed by atoms with E-state index >= 15 is 0 Å². The van der Waals surface area contributed by atoms with Crippen molar-refractivity contribution in [1.29, 1.82) is 0 Å². The van der Waals surface area contributed by atoms with Gasteiger partial charge in [0.2, 0.25) is 0 Å². The van der Waals surface area contributed by atoms with Crippen LogP contribution in [0.1, 0.15) is 27.8 Å². The number of methoxy groups -OCH3 is 2. The van der Waals surface area contributed by atoms with Crippen molar-refractivity contribution in [3.63, 3.8) is 0 Å². The highest BCUT2D eigenvalue weighted by Crippen LogP contribution is 2.40. The smallest absolute Gasteiger partial charge is 0.358 e. The fourth-order valence-electron chi connectivity index (χ4n) is 4.23. The molecule has 11 heteroatoms. The average molecular weight is 543 g/mol. The van der Waals surface area contributed by atoms with Crippen LogP contribution >= 0.6 is 11.6 Å². The van der Waals surface area contributed by atoms with E-state index in [0.717, 1.165) is 19.6 Å². The number of morpholine rings is 1. The number of benzene rings is 2. The Morgan fingerprint density at radius 1 is 1.08 bits per heavy atom. The summed E-state index contributed by atoms with van der Waals surface area (Å²) in [5.74, 6) is 0.237. The number of nitrogens with zero attached hydrogens (tertiary/aromatic N) is 3. The van der Waals surface area contributed by atoms with Crippen LogP contribution in [0.25, 0.3) is 16.9 Å². The van der Waals surface area contributed by atoms with Crippen molar-refractivity contribution in [3.8, 4) is 28.4 Å². The van der Waals surface area contributed by atoms with E-state index in [4.69, 9.17) is 30.5 Å². The monoisotopic (exact) mass is 542 g/mol. The van der Waals surface area contributed by atoms with Gasteiger partial charge >= 0.3 is 5.97 Å². The maximum Gasteiger partial charge on any atom is 0.358 e. The summed E-state index contributed by atoms with van der Waals surface area (Å²) in [5.41, 5.74) is 2.06. The lowest BCUT2D eigenvalue weighted by molar-refractivity contribution is 0.0383.